The zero-order valence-corrected chi connectivity index (χ0v) is 14.7. The molecule has 0 aliphatic rings. The van der Waals surface area contributed by atoms with Crippen molar-refractivity contribution in [2.24, 2.45) is 5.73 Å². The third-order valence-corrected chi connectivity index (χ3v) is 4.16. The van der Waals surface area contributed by atoms with Gasteiger partial charge >= 0.3 is 0 Å². The summed E-state index contributed by atoms with van der Waals surface area (Å²) in [6, 6.07) is 13.2. The second kappa shape index (κ2) is 7.77. The Morgan fingerprint density at radius 1 is 1.15 bits per heavy atom. The number of aromatic nitrogens is 3. The Bertz CT molecular complexity index is 963. The van der Waals surface area contributed by atoms with Gasteiger partial charge in [-0.05, 0) is 30.2 Å². The average Bonchev–Trinajstić information content (AvgIpc) is 3.02. The summed E-state index contributed by atoms with van der Waals surface area (Å²) in [5.74, 6) is -0.627. The monoisotopic (exact) mass is 366 g/mol. The molecule has 8 heteroatoms. The molecule has 3 aromatic rings. The Hall–Kier alpha value is -3.55. The fourth-order valence-corrected chi connectivity index (χ4v) is 2.55. The predicted molar refractivity (Wildman–Crippen MR) is 98.9 cm³/mol. The summed E-state index contributed by atoms with van der Waals surface area (Å²) in [5, 5.41) is 18.2. The van der Waals surface area contributed by atoms with E-state index in [1.807, 2.05) is 0 Å². The minimum absolute atomic E-state index is 0.000945. The highest BCUT2D eigenvalue weighted by Gasteiger charge is 2.16. The van der Waals surface area contributed by atoms with Gasteiger partial charge in [-0.2, -0.15) is 0 Å². The molecule has 7 nitrogen and oxygen atoms in total. The summed E-state index contributed by atoms with van der Waals surface area (Å²) < 4.78 is 14.6. The molecule has 0 fully saturated rings. The van der Waals surface area contributed by atoms with Gasteiger partial charge in [0.05, 0.1) is 12.2 Å². The number of nitrogens with zero attached hydrogens (tertiary/aromatic N) is 3. The van der Waals surface area contributed by atoms with Crippen LogP contribution in [-0.2, 0) is 13.1 Å². The minimum Gasteiger partial charge on any atom is -0.384 e. The van der Waals surface area contributed by atoms with Crippen molar-refractivity contribution in [2.75, 3.05) is 0 Å². The summed E-state index contributed by atoms with van der Waals surface area (Å²) in [7, 11) is 0. The van der Waals surface area contributed by atoms with E-state index in [1.54, 1.807) is 48.0 Å². The summed E-state index contributed by atoms with van der Waals surface area (Å²) in [5.41, 5.74) is 8.67. The van der Waals surface area contributed by atoms with Crippen LogP contribution in [0, 0.1) is 18.2 Å². The van der Waals surface area contributed by atoms with Crippen LogP contribution in [-0.4, -0.2) is 26.7 Å². The van der Waals surface area contributed by atoms with Crippen LogP contribution < -0.4 is 11.1 Å². The summed E-state index contributed by atoms with van der Waals surface area (Å²) in [6.45, 7) is 2.49. The molecule has 1 amide bonds. The molecule has 0 saturated heterocycles. The third kappa shape index (κ3) is 4.35. The average molecular weight is 366 g/mol. The van der Waals surface area contributed by atoms with E-state index in [4.69, 9.17) is 11.1 Å². The van der Waals surface area contributed by atoms with Gasteiger partial charge in [0.2, 0.25) is 0 Å². The van der Waals surface area contributed by atoms with Gasteiger partial charge in [-0.25, -0.2) is 9.07 Å². The van der Waals surface area contributed by atoms with Crippen molar-refractivity contribution in [2.45, 2.75) is 20.0 Å². The van der Waals surface area contributed by atoms with E-state index in [2.05, 4.69) is 15.6 Å². The first-order valence-corrected chi connectivity index (χ1v) is 8.30. The first kappa shape index (κ1) is 18.2. The maximum Gasteiger partial charge on any atom is 0.274 e. The summed E-state index contributed by atoms with van der Waals surface area (Å²) in [6.07, 6.45) is 0. The van der Waals surface area contributed by atoms with Crippen LogP contribution in [0.15, 0.2) is 48.5 Å². The van der Waals surface area contributed by atoms with E-state index >= 15 is 0 Å². The number of nitrogen functional groups attached to an aromatic ring is 1. The van der Waals surface area contributed by atoms with Gasteiger partial charge in [-0.3, -0.25) is 10.2 Å². The quantitative estimate of drug-likeness (QED) is 0.458. The molecule has 3 rings (SSSR count). The number of hydrogen-bond donors (Lipinski definition) is 3. The zero-order chi connectivity index (χ0) is 19.4. The Labute approximate surface area is 155 Å². The molecule has 0 spiro atoms. The summed E-state index contributed by atoms with van der Waals surface area (Å²) >= 11 is 0. The van der Waals surface area contributed by atoms with Crippen LogP contribution >= 0.6 is 0 Å². The Morgan fingerprint density at radius 2 is 1.78 bits per heavy atom. The first-order valence-electron chi connectivity index (χ1n) is 8.30. The molecule has 4 N–H and O–H groups in total. The maximum atomic E-state index is 13.0. The van der Waals surface area contributed by atoms with E-state index in [1.165, 1.54) is 12.1 Å². The van der Waals surface area contributed by atoms with Crippen molar-refractivity contribution in [3.8, 4) is 0 Å². The molecule has 0 unspecified atom stereocenters. The molecular formula is C19H19FN6O. The molecule has 1 aromatic heterocycles. The highest BCUT2D eigenvalue weighted by molar-refractivity contribution is 5.95. The number of carbonyl (C=O) groups is 1. The van der Waals surface area contributed by atoms with Crippen molar-refractivity contribution in [1.82, 2.24) is 20.3 Å². The Balaban J connectivity index is 1.64. The molecule has 0 aliphatic carbocycles. The molecule has 138 valence electrons. The third-order valence-electron chi connectivity index (χ3n) is 4.16. The number of nitrogens with two attached hydrogens (primary N) is 1. The van der Waals surface area contributed by atoms with Gasteiger partial charge in [0.1, 0.15) is 11.7 Å². The van der Waals surface area contributed by atoms with E-state index in [0.29, 0.717) is 24.3 Å². The van der Waals surface area contributed by atoms with Crippen LogP contribution in [0.4, 0.5) is 4.39 Å². The zero-order valence-electron chi connectivity index (χ0n) is 14.7. The number of amidine groups is 1. The van der Waals surface area contributed by atoms with Crippen LogP contribution in [0.25, 0.3) is 0 Å². The molecule has 0 radical (unpaired) electrons. The van der Waals surface area contributed by atoms with Gasteiger partial charge in [0.25, 0.3) is 5.91 Å². The fraction of sp³-hybridized carbons (Fsp3) is 0.158. The molecule has 0 saturated carbocycles. The lowest BCUT2D eigenvalue weighted by molar-refractivity contribution is 0.0945. The topological polar surface area (TPSA) is 110 Å². The van der Waals surface area contributed by atoms with Gasteiger partial charge < -0.3 is 11.1 Å². The van der Waals surface area contributed by atoms with E-state index in [0.717, 1.165) is 11.1 Å². The van der Waals surface area contributed by atoms with E-state index in [-0.39, 0.29) is 23.3 Å². The van der Waals surface area contributed by atoms with Crippen LogP contribution in [0.1, 0.15) is 32.9 Å². The van der Waals surface area contributed by atoms with Gasteiger partial charge in [-0.15, -0.1) is 5.10 Å². The number of benzene rings is 2. The number of nitrogens with one attached hydrogen (secondary N) is 2. The summed E-state index contributed by atoms with van der Waals surface area (Å²) in [4.78, 5) is 12.4. The second-order valence-corrected chi connectivity index (χ2v) is 6.10. The molecule has 0 bridgehead atoms. The number of rotatable bonds is 6. The lowest BCUT2D eigenvalue weighted by Gasteiger charge is -2.06. The van der Waals surface area contributed by atoms with Crippen LogP contribution in [0.3, 0.4) is 0 Å². The first-order chi connectivity index (χ1) is 12.9. The molecular weight excluding hydrogens is 347 g/mol. The highest BCUT2D eigenvalue weighted by Crippen LogP contribution is 2.10. The second-order valence-electron chi connectivity index (χ2n) is 6.10. The SMILES string of the molecule is Cc1c(C(=O)NCc2ccc(C(=N)N)cc2)nnn1Cc1ccc(F)cc1. The molecule has 27 heavy (non-hydrogen) atoms. The number of carbonyl (C=O) groups excluding carboxylic acids is 1. The van der Waals surface area contributed by atoms with E-state index < -0.39 is 0 Å². The largest absolute Gasteiger partial charge is 0.384 e. The number of hydrogen-bond acceptors (Lipinski definition) is 4. The lowest BCUT2D eigenvalue weighted by Crippen LogP contribution is -2.24. The Kier molecular flexibility index (Phi) is 5.25. The van der Waals surface area contributed by atoms with Gasteiger partial charge in [-0.1, -0.05) is 41.6 Å². The molecule has 0 atom stereocenters. The van der Waals surface area contributed by atoms with Gasteiger partial charge in [0.15, 0.2) is 5.69 Å². The highest BCUT2D eigenvalue weighted by atomic mass is 19.1. The number of amides is 1. The van der Waals surface area contributed by atoms with Gasteiger partial charge in [0, 0.05) is 12.1 Å². The minimum atomic E-state index is -0.325. The molecule has 1 heterocycles. The van der Waals surface area contributed by atoms with Crippen LogP contribution in [0.5, 0.6) is 0 Å². The van der Waals surface area contributed by atoms with Crippen molar-refractivity contribution in [1.29, 1.82) is 5.41 Å². The van der Waals surface area contributed by atoms with Crippen LogP contribution in [0.2, 0.25) is 0 Å². The predicted octanol–water partition coefficient (Wildman–Crippen LogP) is 1.99. The van der Waals surface area contributed by atoms with Crippen molar-refractivity contribution < 1.29 is 9.18 Å². The Morgan fingerprint density at radius 3 is 2.41 bits per heavy atom. The normalized spacial score (nSPS) is 10.6. The van der Waals surface area contributed by atoms with Crippen molar-refractivity contribution >= 4 is 11.7 Å². The smallest absolute Gasteiger partial charge is 0.274 e. The fourth-order valence-electron chi connectivity index (χ4n) is 2.55. The maximum absolute atomic E-state index is 13.0. The molecule has 2 aromatic carbocycles. The van der Waals surface area contributed by atoms with E-state index in [9.17, 15) is 9.18 Å². The number of halogens is 1. The standard InChI is InChI=1S/C19H19FN6O/c1-12-17(24-25-26(12)11-14-4-8-16(20)9-5-14)19(27)23-10-13-2-6-15(7-3-13)18(21)22/h2-9H,10-11H2,1H3,(H3,21,22)(H,23,27). The van der Waals surface area contributed by atoms with Crippen molar-refractivity contribution in [3.63, 3.8) is 0 Å². The van der Waals surface area contributed by atoms with Crippen molar-refractivity contribution in [3.05, 3.63) is 82.4 Å². The molecule has 0 aliphatic heterocycles. The lowest BCUT2D eigenvalue weighted by atomic mass is 10.1.